The standard InChI is InChI=1S/C25H29N5O6/c1-13-20(24(33)30-18-8-26-11-25(18,34)19(32)9-31)22-23(29-13)21(27-12-28-22)16-6-5-15(35-2)7-17(16)36-10-14-3-4-14/h5-7,12,14,18,26,29,31,34H,3-4,8-11H2,1-2H3,(H,30,33)/t18-,25-/m1/s1. The number of benzene rings is 1. The predicted octanol–water partition coefficient (Wildman–Crippen LogP) is 0.725. The van der Waals surface area contributed by atoms with Crippen molar-refractivity contribution in [3.8, 4) is 22.8 Å². The molecule has 1 amide bonds. The number of Topliss-reactive ketones (excluding diaryl/α,β-unsaturated/α-hetero) is 1. The van der Waals surface area contributed by atoms with Crippen molar-refractivity contribution in [1.29, 1.82) is 0 Å². The third-order valence-corrected chi connectivity index (χ3v) is 6.87. The van der Waals surface area contributed by atoms with Gasteiger partial charge in [0.05, 0.1) is 30.8 Å². The van der Waals surface area contributed by atoms with E-state index in [4.69, 9.17) is 9.47 Å². The number of aliphatic hydroxyl groups is 2. The molecule has 3 aromatic rings. The van der Waals surface area contributed by atoms with Gasteiger partial charge in [0.25, 0.3) is 5.91 Å². The quantitative estimate of drug-likeness (QED) is 0.288. The van der Waals surface area contributed by atoms with Crippen molar-refractivity contribution in [2.75, 3.05) is 33.4 Å². The monoisotopic (exact) mass is 495 g/mol. The van der Waals surface area contributed by atoms with Gasteiger partial charge in [0.15, 0.2) is 11.4 Å². The normalized spacial score (nSPS) is 21.5. The molecule has 1 aliphatic carbocycles. The Labute approximate surface area is 207 Å². The van der Waals surface area contributed by atoms with Crippen LogP contribution in [0.25, 0.3) is 22.3 Å². The molecule has 0 radical (unpaired) electrons. The molecule has 2 atom stereocenters. The number of aryl methyl sites for hydroxylation is 1. The SMILES string of the molecule is COc1ccc(-c2ncnc3c(C(=O)N[C@@H]4CNC[C@]4(O)C(=O)CO)c(C)[nH]c23)c(OCC2CC2)c1. The van der Waals surface area contributed by atoms with Crippen LogP contribution in [0.15, 0.2) is 24.5 Å². The molecule has 5 N–H and O–H groups in total. The van der Waals surface area contributed by atoms with Crippen molar-refractivity contribution in [3.05, 3.63) is 35.8 Å². The number of ether oxygens (including phenoxy) is 2. The zero-order chi connectivity index (χ0) is 25.4. The summed E-state index contributed by atoms with van der Waals surface area (Å²) >= 11 is 0. The first-order valence-electron chi connectivity index (χ1n) is 11.9. The van der Waals surface area contributed by atoms with Crippen LogP contribution < -0.4 is 20.1 Å². The van der Waals surface area contributed by atoms with Gasteiger partial charge >= 0.3 is 0 Å². The summed E-state index contributed by atoms with van der Waals surface area (Å²) in [5.74, 6) is 0.591. The second-order valence-corrected chi connectivity index (χ2v) is 9.35. The summed E-state index contributed by atoms with van der Waals surface area (Å²) in [6.45, 7) is 1.66. The number of hydrogen-bond acceptors (Lipinski definition) is 9. The Bertz CT molecular complexity index is 1320. The van der Waals surface area contributed by atoms with Crippen molar-refractivity contribution < 1.29 is 29.3 Å². The van der Waals surface area contributed by atoms with Crippen molar-refractivity contribution >= 4 is 22.7 Å². The minimum absolute atomic E-state index is 0.0579. The fourth-order valence-corrected chi connectivity index (χ4v) is 4.57. The van der Waals surface area contributed by atoms with Crippen molar-refractivity contribution in [2.45, 2.75) is 31.4 Å². The van der Waals surface area contributed by atoms with Crippen molar-refractivity contribution in [2.24, 2.45) is 5.92 Å². The first kappa shape index (κ1) is 24.2. The molecular formula is C25H29N5O6. The second kappa shape index (κ2) is 9.49. The molecule has 11 nitrogen and oxygen atoms in total. The molecule has 1 aromatic carbocycles. The highest BCUT2D eigenvalue weighted by Gasteiger charge is 2.48. The number of carbonyl (C=O) groups excluding carboxylic acids is 2. The maximum atomic E-state index is 13.3. The highest BCUT2D eigenvalue weighted by Crippen LogP contribution is 2.38. The number of β-amino-alcohol motifs (C(OH)–C–C–N with tert-alkyl or cyclic N) is 1. The van der Waals surface area contributed by atoms with Gasteiger partial charge in [-0.3, -0.25) is 9.59 Å². The molecule has 2 aliphatic rings. The van der Waals surface area contributed by atoms with Crippen LogP contribution in [0.4, 0.5) is 0 Å². The van der Waals surface area contributed by atoms with E-state index in [1.54, 1.807) is 14.0 Å². The lowest BCUT2D eigenvalue weighted by molar-refractivity contribution is -0.140. The predicted molar refractivity (Wildman–Crippen MR) is 130 cm³/mol. The third kappa shape index (κ3) is 4.29. The molecule has 3 heterocycles. The van der Waals surface area contributed by atoms with Gasteiger partial charge in [-0.05, 0) is 37.8 Å². The number of amides is 1. The molecule has 1 saturated heterocycles. The third-order valence-electron chi connectivity index (χ3n) is 6.87. The lowest BCUT2D eigenvalue weighted by atomic mass is 9.92. The van der Waals surface area contributed by atoms with Crippen LogP contribution in [0.3, 0.4) is 0 Å². The molecule has 2 aromatic heterocycles. The molecule has 0 bridgehead atoms. The Hall–Kier alpha value is -3.54. The zero-order valence-corrected chi connectivity index (χ0v) is 20.1. The molecule has 5 rings (SSSR count). The van der Waals surface area contributed by atoms with Crippen molar-refractivity contribution in [1.82, 2.24) is 25.6 Å². The van der Waals surface area contributed by atoms with E-state index in [1.165, 1.54) is 6.33 Å². The van der Waals surface area contributed by atoms with Gasteiger partial charge in [0.1, 0.15) is 35.6 Å². The van der Waals surface area contributed by atoms with Crippen LogP contribution in [0.5, 0.6) is 11.5 Å². The summed E-state index contributed by atoms with van der Waals surface area (Å²) in [6, 6.07) is 4.60. The number of aromatic nitrogens is 3. The second-order valence-electron chi connectivity index (χ2n) is 9.35. The van der Waals surface area contributed by atoms with E-state index in [0.717, 1.165) is 18.4 Å². The first-order valence-corrected chi connectivity index (χ1v) is 11.9. The average molecular weight is 496 g/mol. The number of carbonyl (C=O) groups is 2. The number of methoxy groups -OCH3 is 1. The molecule has 11 heteroatoms. The van der Waals surface area contributed by atoms with E-state index in [0.29, 0.717) is 46.4 Å². The van der Waals surface area contributed by atoms with Gasteiger partial charge in [-0.25, -0.2) is 9.97 Å². The van der Waals surface area contributed by atoms with Crippen LogP contribution in [0.2, 0.25) is 0 Å². The van der Waals surface area contributed by atoms with Gasteiger partial charge in [0.2, 0.25) is 0 Å². The molecule has 36 heavy (non-hydrogen) atoms. The van der Waals surface area contributed by atoms with Gasteiger partial charge in [-0.1, -0.05) is 0 Å². The minimum atomic E-state index is -1.89. The molecule has 2 fully saturated rings. The Morgan fingerprint density at radius 1 is 1.28 bits per heavy atom. The van der Waals surface area contributed by atoms with E-state index in [9.17, 15) is 19.8 Å². The van der Waals surface area contributed by atoms with E-state index in [1.807, 2.05) is 18.2 Å². The zero-order valence-electron chi connectivity index (χ0n) is 20.1. The first-order chi connectivity index (χ1) is 17.4. The number of ketones is 1. The summed E-state index contributed by atoms with van der Waals surface area (Å²) < 4.78 is 11.5. The van der Waals surface area contributed by atoms with Crippen molar-refractivity contribution in [3.63, 3.8) is 0 Å². The number of fused-ring (bicyclic) bond motifs is 1. The van der Waals surface area contributed by atoms with Crippen LogP contribution in [0, 0.1) is 12.8 Å². The molecule has 1 saturated carbocycles. The summed E-state index contributed by atoms with van der Waals surface area (Å²) in [7, 11) is 1.59. The fraction of sp³-hybridized carbons (Fsp3) is 0.440. The lowest BCUT2D eigenvalue weighted by Crippen LogP contribution is -2.57. The van der Waals surface area contributed by atoms with E-state index in [-0.39, 0.29) is 18.7 Å². The Morgan fingerprint density at radius 3 is 2.81 bits per heavy atom. The van der Waals surface area contributed by atoms with E-state index in [2.05, 4.69) is 25.6 Å². The maximum absolute atomic E-state index is 13.3. The summed E-state index contributed by atoms with van der Waals surface area (Å²) in [4.78, 5) is 37.6. The largest absolute Gasteiger partial charge is 0.497 e. The molecule has 1 aliphatic heterocycles. The van der Waals surface area contributed by atoms with Crippen LogP contribution in [-0.2, 0) is 4.79 Å². The summed E-state index contributed by atoms with van der Waals surface area (Å²) in [6.07, 6.45) is 3.70. The molecule has 0 unspecified atom stereocenters. The average Bonchev–Trinajstić information content (AvgIpc) is 3.55. The van der Waals surface area contributed by atoms with Crippen LogP contribution in [0.1, 0.15) is 28.9 Å². The van der Waals surface area contributed by atoms with E-state index >= 15 is 0 Å². The molecular weight excluding hydrogens is 466 g/mol. The molecule has 190 valence electrons. The maximum Gasteiger partial charge on any atom is 0.255 e. The number of H-pyrrole nitrogens is 1. The number of aromatic amines is 1. The number of hydrogen-bond donors (Lipinski definition) is 5. The number of rotatable bonds is 9. The van der Waals surface area contributed by atoms with Gasteiger partial charge < -0.3 is 35.3 Å². The van der Waals surface area contributed by atoms with Gasteiger partial charge in [-0.15, -0.1) is 0 Å². The Morgan fingerprint density at radius 2 is 2.08 bits per heavy atom. The summed E-state index contributed by atoms with van der Waals surface area (Å²) in [5, 5.41) is 25.7. The van der Waals surface area contributed by atoms with Crippen LogP contribution >= 0.6 is 0 Å². The number of nitrogens with one attached hydrogen (secondary N) is 3. The van der Waals surface area contributed by atoms with Gasteiger partial charge in [-0.2, -0.15) is 0 Å². The Kier molecular flexibility index (Phi) is 6.37. The highest BCUT2D eigenvalue weighted by atomic mass is 16.5. The fourth-order valence-electron chi connectivity index (χ4n) is 4.57. The van der Waals surface area contributed by atoms with E-state index < -0.39 is 29.9 Å². The lowest BCUT2D eigenvalue weighted by Gasteiger charge is -2.27. The topological polar surface area (TPSA) is 159 Å². The summed E-state index contributed by atoms with van der Waals surface area (Å²) in [5.41, 5.74) is 1.23. The minimum Gasteiger partial charge on any atom is -0.497 e. The number of nitrogens with zero attached hydrogens (tertiary/aromatic N) is 2. The van der Waals surface area contributed by atoms with Crippen LogP contribution in [-0.4, -0.2) is 81.9 Å². The number of aliphatic hydroxyl groups excluding tert-OH is 1. The Balaban J connectivity index is 1.50. The molecule has 0 spiro atoms. The highest BCUT2D eigenvalue weighted by molar-refractivity contribution is 6.09. The smallest absolute Gasteiger partial charge is 0.255 e. The van der Waals surface area contributed by atoms with Gasteiger partial charge in [0, 0.05) is 30.4 Å².